The van der Waals surface area contributed by atoms with E-state index in [1.807, 2.05) is 6.07 Å². The van der Waals surface area contributed by atoms with Crippen molar-refractivity contribution in [3.63, 3.8) is 0 Å². The van der Waals surface area contributed by atoms with Crippen LogP contribution in [-0.4, -0.2) is 35.9 Å². The number of hydrogen-bond donors (Lipinski definition) is 0. The van der Waals surface area contributed by atoms with Crippen LogP contribution in [-0.2, 0) is 0 Å². The molecule has 0 aromatic heterocycles. The number of rotatable bonds is 6. The van der Waals surface area contributed by atoms with E-state index in [9.17, 15) is 14.9 Å². The highest BCUT2D eigenvalue weighted by molar-refractivity contribution is 5.98. The SMILES string of the molecule is CCN(CCC#N)C(=O)c1cccc([N+](=O)[O-])c1OC. The molecule has 0 radical (unpaired) electrons. The Morgan fingerprint density at radius 3 is 2.75 bits per heavy atom. The molecule has 106 valence electrons. The van der Waals surface area contributed by atoms with Crippen LogP contribution in [0.4, 0.5) is 5.69 Å². The minimum atomic E-state index is -0.596. The van der Waals surface area contributed by atoms with Crippen molar-refractivity contribution in [2.24, 2.45) is 0 Å². The van der Waals surface area contributed by atoms with Crippen molar-refractivity contribution < 1.29 is 14.5 Å². The average molecular weight is 277 g/mol. The summed E-state index contributed by atoms with van der Waals surface area (Å²) in [4.78, 5) is 24.1. The first-order valence-corrected chi connectivity index (χ1v) is 6.04. The minimum absolute atomic E-state index is 0.0575. The molecule has 0 unspecified atom stereocenters. The largest absolute Gasteiger partial charge is 0.490 e. The van der Waals surface area contributed by atoms with Crippen molar-refractivity contribution in [3.8, 4) is 11.8 Å². The van der Waals surface area contributed by atoms with Crippen LogP contribution in [0, 0.1) is 21.4 Å². The number of ether oxygens (including phenoxy) is 1. The van der Waals surface area contributed by atoms with Crippen molar-refractivity contribution in [2.45, 2.75) is 13.3 Å². The molecule has 0 N–H and O–H groups in total. The maximum Gasteiger partial charge on any atom is 0.311 e. The van der Waals surface area contributed by atoms with Gasteiger partial charge in [-0.2, -0.15) is 5.26 Å². The van der Waals surface area contributed by atoms with Gasteiger partial charge in [0, 0.05) is 19.2 Å². The first kappa shape index (κ1) is 15.4. The molecule has 7 heteroatoms. The van der Waals surface area contributed by atoms with Gasteiger partial charge >= 0.3 is 5.69 Å². The van der Waals surface area contributed by atoms with Crippen LogP contribution in [0.5, 0.6) is 5.75 Å². The van der Waals surface area contributed by atoms with E-state index in [1.165, 1.54) is 30.2 Å². The quantitative estimate of drug-likeness (QED) is 0.585. The lowest BCUT2D eigenvalue weighted by Gasteiger charge is -2.20. The number of nitrogens with zero attached hydrogens (tertiary/aromatic N) is 3. The predicted molar refractivity (Wildman–Crippen MR) is 71.5 cm³/mol. The molecule has 0 aliphatic heterocycles. The molecule has 0 fully saturated rings. The zero-order valence-corrected chi connectivity index (χ0v) is 11.3. The Morgan fingerprint density at radius 2 is 2.25 bits per heavy atom. The van der Waals surface area contributed by atoms with Crippen molar-refractivity contribution in [2.75, 3.05) is 20.2 Å². The standard InChI is InChI=1S/C13H15N3O4/c1-3-15(9-5-8-14)13(17)10-6-4-7-11(16(18)19)12(10)20-2/h4,6-7H,3,5,9H2,1-2H3. The third kappa shape index (κ3) is 3.23. The summed E-state index contributed by atoms with van der Waals surface area (Å²) in [5, 5.41) is 19.5. The molecular weight excluding hydrogens is 262 g/mol. The summed E-state index contributed by atoms with van der Waals surface area (Å²) in [6, 6.07) is 6.15. The molecular formula is C13H15N3O4. The summed E-state index contributed by atoms with van der Waals surface area (Å²) < 4.78 is 5.00. The van der Waals surface area contributed by atoms with Crippen molar-refractivity contribution in [3.05, 3.63) is 33.9 Å². The van der Waals surface area contributed by atoms with Gasteiger partial charge in [0.1, 0.15) is 0 Å². The number of amides is 1. The van der Waals surface area contributed by atoms with Gasteiger partial charge in [-0.1, -0.05) is 6.07 Å². The summed E-state index contributed by atoms with van der Waals surface area (Å²) in [5.74, 6) is -0.443. The zero-order chi connectivity index (χ0) is 15.1. The van der Waals surface area contributed by atoms with Gasteiger partial charge in [-0.05, 0) is 13.0 Å². The Balaban J connectivity index is 3.18. The number of nitro benzene ring substituents is 1. The van der Waals surface area contributed by atoms with E-state index >= 15 is 0 Å². The molecule has 0 heterocycles. The van der Waals surface area contributed by atoms with Crippen molar-refractivity contribution in [1.29, 1.82) is 5.26 Å². The molecule has 0 saturated heterocycles. The van der Waals surface area contributed by atoms with Gasteiger partial charge in [0.15, 0.2) is 0 Å². The summed E-state index contributed by atoms with van der Waals surface area (Å²) in [6.07, 6.45) is 0.205. The molecule has 20 heavy (non-hydrogen) atoms. The van der Waals surface area contributed by atoms with Crippen LogP contribution in [0.25, 0.3) is 0 Å². The highest BCUT2D eigenvalue weighted by Crippen LogP contribution is 2.31. The molecule has 0 aliphatic carbocycles. The Hall–Kier alpha value is -2.62. The van der Waals surface area contributed by atoms with Crippen LogP contribution in [0.1, 0.15) is 23.7 Å². The van der Waals surface area contributed by atoms with Crippen molar-refractivity contribution >= 4 is 11.6 Å². The van der Waals surface area contributed by atoms with E-state index in [-0.39, 0.29) is 35.9 Å². The fourth-order valence-electron chi connectivity index (χ4n) is 1.81. The molecule has 0 saturated carbocycles. The van der Waals surface area contributed by atoms with Crippen LogP contribution in [0.2, 0.25) is 0 Å². The van der Waals surface area contributed by atoms with E-state index in [0.717, 1.165) is 0 Å². The van der Waals surface area contributed by atoms with E-state index in [0.29, 0.717) is 6.54 Å². The Kier molecular flexibility index (Phi) is 5.47. The average Bonchev–Trinajstić information content (AvgIpc) is 2.46. The number of carbonyl (C=O) groups excluding carboxylic acids is 1. The maximum absolute atomic E-state index is 12.4. The first-order valence-electron chi connectivity index (χ1n) is 6.04. The molecule has 0 spiro atoms. The number of methoxy groups -OCH3 is 1. The Bertz CT molecular complexity index is 551. The second-order valence-corrected chi connectivity index (χ2v) is 3.91. The van der Waals surface area contributed by atoms with Crippen molar-refractivity contribution in [1.82, 2.24) is 4.90 Å². The van der Waals surface area contributed by atoms with Crippen LogP contribution >= 0.6 is 0 Å². The van der Waals surface area contributed by atoms with E-state index in [4.69, 9.17) is 10.00 Å². The number of para-hydroxylation sites is 1. The van der Waals surface area contributed by atoms with E-state index in [2.05, 4.69) is 0 Å². The molecule has 1 aromatic rings. The summed E-state index contributed by atoms with van der Waals surface area (Å²) in [6.45, 7) is 2.46. The third-order valence-corrected chi connectivity index (χ3v) is 2.79. The molecule has 0 bridgehead atoms. The zero-order valence-electron chi connectivity index (χ0n) is 11.3. The number of carbonyl (C=O) groups is 1. The molecule has 0 atom stereocenters. The fraction of sp³-hybridized carbons (Fsp3) is 0.385. The molecule has 1 rings (SSSR count). The Labute approximate surface area is 116 Å². The van der Waals surface area contributed by atoms with Gasteiger partial charge < -0.3 is 9.64 Å². The second-order valence-electron chi connectivity index (χ2n) is 3.91. The van der Waals surface area contributed by atoms with Gasteiger partial charge in [0.25, 0.3) is 5.91 Å². The van der Waals surface area contributed by atoms with Gasteiger partial charge in [0.05, 0.1) is 30.1 Å². The second kappa shape index (κ2) is 7.09. The topological polar surface area (TPSA) is 96.5 Å². The van der Waals surface area contributed by atoms with Gasteiger partial charge in [0.2, 0.25) is 5.75 Å². The lowest BCUT2D eigenvalue weighted by atomic mass is 10.1. The maximum atomic E-state index is 12.4. The number of nitro groups is 1. The van der Waals surface area contributed by atoms with Gasteiger partial charge in [-0.3, -0.25) is 14.9 Å². The monoisotopic (exact) mass is 277 g/mol. The predicted octanol–water partition coefficient (Wildman–Crippen LogP) is 1.98. The first-order chi connectivity index (χ1) is 9.56. The number of hydrogen-bond acceptors (Lipinski definition) is 5. The number of benzene rings is 1. The normalized spacial score (nSPS) is 9.65. The van der Waals surface area contributed by atoms with Crippen LogP contribution in [0.15, 0.2) is 18.2 Å². The third-order valence-electron chi connectivity index (χ3n) is 2.79. The molecule has 0 aliphatic rings. The number of nitriles is 1. The highest BCUT2D eigenvalue weighted by atomic mass is 16.6. The van der Waals surface area contributed by atoms with Crippen LogP contribution in [0.3, 0.4) is 0 Å². The van der Waals surface area contributed by atoms with E-state index in [1.54, 1.807) is 6.92 Å². The molecule has 1 amide bonds. The molecule has 7 nitrogen and oxygen atoms in total. The smallest absolute Gasteiger partial charge is 0.311 e. The summed E-state index contributed by atoms with van der Waals surface area (Å²) in [7, 11) is 1.28. The Morgan fingerprint density at radius 1 is 1.55 bits per heavy atom. The van der Waals surface area contributed by atoms with Crippen LogP contribution < -0.4 is 4.74 Å². The van der Waals surface area contributed by atoms with Gasteiger partial charge in [-0.25, -0.2) is 0 Å². The summed E-state index contributed by atoms with van der Waals surface area (Å²) >= 11 is 0. The molecule has 1 aromatic carbocycles. The fourth-order valence-corrected chi connectivity index (χ4v) is 1.81. The van der Waals surface area contributed by atoms with Gasteiger partial charge in [-0.15, -0.1) is 0 Å². The summed E-state index contributed by atoms with van der Waals surface area (Å²) in [5.41, 5.74) is -0.129. The highest BCUT2D eigenvalue weighted by Gasteiger charge is 2.25. The van der Waals surface area contributed by atoms with E-state index < -0.39 is 4.92 Å². The lowest BCUT2D eigenvalue weighted by Crippen LogP contribution is -2.32. The minimum Gasteiger partial charge on any atom is -0.490 e. The lowest BCUT2D eigenvalue weighted by molar-refractivity contribution is -0.385.